The van der Waals surface area contributed by atoms with Crippen molar-refractivity contribution in [3.05, 3.63) is 336 Å². The van der Waals surface area contributed by atoms with Crippen LogP contribution in [0.1, 0.15) is 56.7 Å². The van der Waals surface area contributed by atoms with Gasteiger partial charge in [-0.15, -0.1) is 44.0 Å². The maximum atomic E-state index is 5.72. The number of aromatic nitrogens is 8. The van der Waals surface area contributed by atoms with E-state index in [1.165, 1.54) is 0 Å². The summed E-state index contributed by atoms with van der Waals surface area (Å²) >= 11 is 0. The first-order chi connectivity index (χ1) is 48.6. The van der Waals surface area contributed by atoms with E-state index in [2.05, 4.69) is 328 Å². The molecule has 0 aliphatic carbocycles. The van der Waals surface area contributed by atoms with E-state index in [0.717, 1.165) is 190 Å². The van der Waals surface area contributed by atoms with E-state index in [1.54, 1.807) is 0 Å². The van der Waals surface area contributed by atoms with Gasteiger partial charge in [-0.05, 0) is 128 Å². The third-order valence-corrected chi connectivity index (χ3v) is 18.9. The molecule has 0 saturated heterocycles. The molecule has 0 N–H and O–H groups in total. The smallest absolute Gasteiger partial charge is 0.657 e. The molecule has 4 aliphatic heterocycles. The van der Waals surface area contributed by atoms with Gasteiger partial charge in [-0.2, -0.15) is 0 Å². The van der Waals surface area contributed by atoms with Crippen LogP contribution in [0.3, 0.4) is 0 Å². The Morgan fingerprint density at radius 1 is 0.220 bits per heavy atom. The number of rotatable bonds is 11. The zero-order valence-electron chi connectivity index (χ0n) is 53.8. The number of benzene rings is 8. The van der Waals surface area contributed by atoms with Gasteiger partial charge in [0.25, 0.3) is 0 Å². The Balaban J connectivity index is 0.00000389. The van der Waals surface area contributed by atoms with E-state index in [1.807, 2.05) is 0 Å². The van der Waals surface area contributed by atoms with Crippen LogP contribution in [-0.2, 0) is 45.8 Å². The molecule has 0 fully saturated rings. The van der Waals surface area contributed by atoms with Crippen LogP contribution >= 0.6 is 0 Å². The van der Waals surface area contributed by atoms with E-state index in [9.17, 15) is 0 Å². The topological polar surface area (TPSA) is 106 Å². The minimum absolute atomic E-state index is 0. The quantitative estimate of drug-likeness (QED) is 0.0931. The second-order valence-electron chi connectivity index (χ2n) is 24.7. The maximum absolute atomic E-state index is 5.72. The largest absolute Gasteiger partial charge is 2.00 e. The van der Waals surface area contributed by atoms with Crippen molar-refractivity contribution in [3.8, 4) is 89.0 Å². The van der Waals surface area contributed by atoms with Crippen molar-refractivity contribution in [3.63, 3.8) is 0 Å². The van der Waals surface area contributed by atoms with Gasteiger partial charge in [0.2, 0.25) is 0 Å². The van der Waals surface area contributed by atoms with E-state index in [0.29, 0.717) is 12.8 Å². The molecule has 0 radical (unpaired) electrons. The van der Waals surface area contributed by atoms with Gasteiger partial charge >= 0.3 is 33.0 Å². The Hall–Kier alpha value is -12.1. The molecule has 0 amide bonds. The Labute approximate surface area is 599 Å². The molecule has 8 aromatic carbocycles. The predicted octanol–water partition coefficient (Wildman–Crippen LogP) is 21.6. The fraction of sp³-hybridized carbons (Fsp3) is 0.0222. The van der Waals surface area contributed by atoms with Gasteiger partial charge in [0.1, 0.15) is 0 Å². The molecule has 100 heavy (non-hydrogen) atoms. The molecule has 14 aromatic rings. The number of fused-ring (bicyclic) bond motifs is 16. The molecule has 10 heteroatoms. The Kier molecular flexibility index (Phi) is 17.0. The zero-order valence-corrected chi connectivity index (χ0v) is 55.8. The summed E-state index contributed by atoms with van der Waals surface area (Å²) in [4.78, 5) is 45.3. The standard InChI is InChI=1S/C90H58N8.2Ni/c1-9-25-57(26-10-1)81-67-55-91-89(87(63-37-21-7-22-38-63)79-53-51-77(97-79)85(61-33-17-5-18-34-61)75-49-47-73(95-75)83(59-29-13-3-14-30-59)71-45-43-69(81)93-71)65(67)41-42-66-68-56-92-90(66)88(64-39-23-8-24-40-64)80-54-52-78(98-80)86(62-35-19-6-20-36-62)76-50-48-74(96-76)84(60-31-15-4-16-32-60)72-46-44-70(94-72)82(68)58-27-11-2-12-28-58;;/h1-40,43-56H,41-42H2;;/q-4;2*+2. The molecule has 16 bridgehead atoms. The molecular weight excluding hydrogens is 1310 g/mol. The monoisotopic (exact) mass is 1370 g/mol. The van der Waals surface area contributed by atoms with E-state index in [4.69, 9.17) is 39.9 Å². The molecule has 18 rings (SSSR count). The molecule has 0 saturated carbocycles. The molecule has 8 nitrogen and oxygen atoms in total. The first kappa shape index (κ1) is 62.7. The second kappa shape index (κ2) is 27.1. The van der Waals surface area contributed by atoms with Crippen LogP contribution in [0, 0.1) is 0 Å². The van der Waals surface area contributed by atoms with Crippen LogP contribution in [0.5, 0.6) is 0 Å². The molecule has 0 atom stereocenters. The fourth-order valence-corrected chi connectivity index (χ4v) is 14.5. The van der Waals surface area contributed by atoms with Crippen LogP contribution in [0.25, 0.3) is 181 Å². The molecule has 4 aliphatic rings. The van der Waals surface area contributed by atoms with Gasteiger partial charge in [-0.3, -0.25) is 19.9 Å². The second-order valence-corrected chi connectivity index (χ2v) is 24.7. The Bertz CT molecular complexity index is 5210. The van der Waals surface area contributed by atoms with E-state index >= 15 is 0 Å². The molecule has 478 valence electrons. The van der Waals surface area contributed by atoms with Gasteiger partial charge in [0.05, 0.1) is 22.8 Å². The van der Waals surface area contributed by atoms with Gasteiger partial charge in [0.15, 0.2) is 0 Å². The summed E-state index contributed by atoms with van der Waals surface area (Å²) in [6.45, 7) is 0. The van der Waals surface area contributed by atoms with Crippen LogP contribution in [-0.4, -0.2) is 29.9 Å². The minimum Gasteiger partial charge on any atom is -0.657 e. The average molecular weight is 1370 g/mol. The molecular formula is C90H58N8Ni2. The Morgan fingerprint density at radius 2 is 0.410 bits per heavy atom. The minimum atomic E-state index is 0. The van der Waals surface area contributed by atoms with Crippen LogP contribution in [0.15, 0.2) is 279 Å². The number of hydrogen-bond donors (Lipinski definition) is 0. The van der Waals surface area contributed by atoms with Crippen molar-refractivity contribution in [2.24, 2.45) is 0 Å². The summed E-state index contributed by atoms with van der Waals surface area (Å²) in [5.41, 5.74) is 29.0. The first-order valence-corrected chi connectivity index (χ1v) is 33.2. The van der Waals surface area contributed by atoms with Gasteiger partial charge in [-0.25, -0.2) is 0 Å². The normalized spacial score (nSPS) is 12.0. The SMILES string of the molecule is C1=Cc2nc1c(-c1ccccc1)c1ccc([n-]1)c(-c1ccccc1)c1nc(c(-c3ccccc3)c3ncc(c2-c2ccccc2)[c-]3CC[c-]2c3cnc2c(-c2ccccc2)c2nc(c(-c4ccccc4)c4ccc([n-]4)c(-c4ccccc4)c4nc(c3-c3ccccc3)C=C4)C=C2)C=C1.[Ni+2].[Ni+2]. The van der Waals surface area contributed by atoms with Crippen molar-refractivity contribution in [1.82, 2.24) is 39.9 Å². The average Bonchev–Trinajstić information content (AvgIpc) is 1.61. The van der Waals surface area contributed by atoms with E-state index < -0.39 is 0 Å². The summed E-state index contributed by atoms with van der Waals surface area (Å²) in [7, 11) is 0. The summed E-state index contributed by atoms with van der Waals surface area (Å²) < 4.78 is 0. The number of hydrogen-bond acceptors (Lipinski definition) is 6. The number of nitrogens with zero attached hydrogens (tertiary/aromatic N) is 8. The molecule has 6 aromatic heterocycles. The number of aryl methyl sites for hydroxylation is 2. The third-order valence-electron chi connectivity index (χ3n) is 18.9. The van der Waals surface area contributed by atoms with Crippen molar-refractivity contribution in [2.45, 2.75) is 12.8 Å². The van der Waals surface area contributed by atoms with Gasteiger partial charge in [0, 0.05) is 22.8 Å². The van der Waals surface area contributed by atoms with Crippen molar-refractivity contribution in [1.29, 1.82) is 0 Å². The maximum Gasteiger partial charge on any atom is 2.00 e. The summed E-state index contributed by atoms with van der Waals surface area (Å²) in [5, 5.41) is 1.93. The van der Waals surface area contributed by atoms with Crippen LogP contribution in [0.4, 0.5) is 0 Å². The predicted molar refractivity (Wildman–Crippen MR) is 405 cm³/mol. The first-order valence-electron chi connectivity index (χ1n) is 33.2. The van der Waals surface area contributed by atoms with Gasteiger partial charge in [-0.1, -0.05) is 313 Å². The van der Waals surface area contributed by atoms with Gasteiger partial charge < -0.3 is 19.9 Å². The summed E-state index contributed by atoms with van der Waals surface area (Å²) in [6.07, 6.45) is 22.4. The van der Waals surface area contributed by atoms with Crippen molar-refractivity contribution < 1.29 is 33.0 Å². The third kappa shape index (κ3) is 11.4. The van der Waals surface area contributed by atoms with Crippen molar-refractivity contribution >= 4 is 92.5 Å². The summed E-state index contributed by atoms with van der Waals surface area (Å²) in [6, 6.07) is 93.1. The fourth-order valence-electron chi connectivity index (χ4n) is 14.5. The molecule has 0 unspecified atom stereocenters. The Morgan fingerprint density at radius 3 is 0.640 bits per heavy atom. The van der Waals surface area contributed by atoms with Crippen molar-refractivity contribution in [2.75, 3.05) is 0 Å². The van der Waals surface area contributed by atoms with Crippen LogP contribution < -0.4 is 9.97 Å². The molecule has 10 heterocycles. The summed E-state index contributed by atoms with van der Waals surface area (Å²) in [5.74, 6) is 0. The van der Waals surface area contributed by atoms with E-state index in [-0.39, 0.29) is 33.0 Å². The van der Waals surface area contributed by atoms with Crippen LogP contribution in [0.2, 0.25) is 0 Å². The molecule has 0 spiro atoms. The zero-order chi connectivity index (χ0) is 64.9.